The first kappa shape index (κ1) is 31.2. The monoisotopic (exact) mass is 702 g/mol. The number of hydrogen-bond acceptors (Lipinski definition) is 2. The molecule has 0 aliphatic heterocycles. The summed E-state index contributed by atoms with van der Waals surface area (Å²) >= 11 is 0. The molecule has 3 nitrogen and oxygen atoms in total. The van der Waals surface area contributed by atoms with Crippen LogP contribution in [0.5, 0.6) is 0 Å². The van der Waals surface area contributed by atoms with E-state index in [2.05, 4.69) is 204 Å². The van der Waals surface area contributed by atoms with E-state index in [1.807, 2.05) is 12.1 Å². The molecule has 258 valence electrons. The third kappa shape index (κ3) is 5.05. The second-order valence-electron chi connectivity index (χ2n) is 14.1. The van der Waals surface area contributed by atoms with Crippen molar-refractivity contribution >= 4 is 71.6 Å². The third-order valence-electron chi connectivity index (χ3n) is 11.0. The van der Waals surface area contributed by atoms with E-state index >= 15 is 0 Å². The molecule has 0 bridgehead atoms. The van der Waals surface area contributed by atoms with Gasteiger partial charge in [-0.15, -0.1) is 0 Å². The lowest BCUT2D eigenvalue weighted by Gasteiger charge is -2.30. The van der Waals surface area contributed by atoms with Gasteiger partial charge in [0.1, 0.15) is 11.2 Å². The Labute approximate surface area is 318 Å². The molecule has 11 rings (SSSR count). The number of furan rings is 1. The minimum Gasteiger partial charge on any atom is -0.456 e. The van der Waals surface area contributed by atoms with Crippen LogP contribution in [-0.2, 0) is 0 Å². The number of fused-ring (bicyclic) bond motifs is 7. The zero-order chi connectivity index (χ0) is 36.3. The van der Waals surface area contributed by atoms with Crippen LogP contribution in [0.1, 0.15) is 0 Å². The van der Waals surface area contributed by atoms with E-state index in [0.29, 0.717) is 0 Å². The van der Waals surface area contributed by atoms with Crippen molar-refractivity contribution in [1.29, 1.82) is 0 Å². The highest BCUT2D eigenvalue weighted by Crippen LogP contribution is 2.49. The Bertz CT molecular complexity index is 3220. The fourth-order valence-corrected chi connectivity index (χ4v) is 8.51. The molecule has 2 heterocycles. The van der Waals surface area contributed by atoms with Crippen LogP contribution in [0.4, 0.5) is 17.1 Å². The Hall–Kier alpha value is -7.36. The fourth-order valence-electron chi connectivity index (χ4n) is 8.51. The number of hydrogen-bond donors (Lipinski definition) is 0. The van der Waals surface area contributed by atoms with Gasteiger partial charge in [-0.25, -0.2) is 0 Å². The maximum atomic E-state index is 6.27. The molecule has 0 atom stereocenters. The first-order valence-electron chi connectivity index (χ1n) is 18.8. The molecule has 3 heteroatoms. The van der Waals surface area contributed by atoms with E-state index < -0.39 is 0 Å². The summed E-state index contributed by atoms with van der Waals surface area (Å²) in [6.45, 7) is 0. The summed E-state index contributed by atoms with van der Waals surface area (Å²) in [5.41, 5.74) is 13.1. The maximum absolute atomic E-state index is 6.27. The van der Waals surface area contributed by atoms with Crippen molar-refractivity contribution < 1.29 is 4.42 Å². The van der Waals surface area contributed by atoms with Gasteiger partial charge in [0.05, 0.1) is 28.1 Å². The zero-order valence-electron chi connectivity index (χ0n) is 29.9. The summed E-state index contributed by atoms with van der Waals surface area (Å²) in [5.74, 6) is 0. The number of anilines is 3. The topological polar surface area (TPSA) is 21.3 Å². The summed E-state index contributed by atoms with van der Waals surface area (Å²) in [6, 6.07) is 74.1. The van der Waals surface area contributed by atoms with Crippen molar-refractivity contribution in [3.63, 3.8) is 0 Å². The van der Waals surface area contributed by atoms with Gasteiger partial charge in [-0.3, -0.25) is 0 Å². The Balaban J connectivity index is 1.22. The number of benzene rings is 9. The zero-order valence-corrected chi connectivity index (χ0v) is 29.9. The van der Waals surface area contributed by atoms with Crippen LogP contribution < -0.4 is 4.90 Å². The lowest BCUT2D eigenvalue weighted by atomic mass is 9.96. The number of nitrogens with zero attached hydrogens (tertiary/aromatic N) is 2. The van der Waals surface area contributed by atoms with Crippen molar-refractivity contribution in [3.8, 4) is 27.9 Å². The van der Waals surface area contributed by atoms with E-state index in [9.17, 15) is 0 Å². The molecule has 0 amide bonds. The van der Waals surface area contributed by atoms with Crippen LogP contribution in [0.3, 0.4) is 0 Å². The smallest absolute Gasteiger partial charge is 0.135 e. The Kier molecular flexibility index (Phi) is 7.17. The van der Waals surface area contributed by atoms with E-state index in [-0.39, 0.29) is 0 Å². The van der Waals surface area contributed by atoms with Crippen molar-refractivity contribution in [2.75, 3.05) is 4.90 Å². The molecule has 11 aromatic rings. The minimum atomic E-state index is 0.888. The van der Waals surface area contributed by atoms with Crippen LogP contribution in [0, 0.1) is 0 Å². The molecule has 0 fully saturated rings. The molecule has 0 aliphatic rings. The highest BCUT2D eigenvalue weighted by atomic mass is 16.3. The number of para-hydroxylation sites is 5. The molecular weight excluding hydrogens is 669 g/mol. The summed E-state index contributed by atoms with van der Waals surface area (Å²) in [5, 5.41) is 7.07. The SMILES string of the molecule is c1ccc(-n2c3ccccc3c3c(N(c4ccccc4-c4ccc5ccccc5c4)c4ccccc4-c4ccc5oc6ccccc6c5c4)cccc32)cc1. The number of rotatable bonds is 6. The predicted molar refractivity (Wildman–Crippen MR) is 231 cm³/mol. The average molecular weight is 703 g/mol. The van der Waals surface area contributed by atoms with Gasteiger partial charge in [-0.05, 0) is 88.6 Å². The maximum Gasteiger partial charge on any atom is 0.135 e. The van der Waals surface area contributed by atoms with Crippen LogP contribution in [0.15, 0.2) is 211 Å². The molecule has 9 aromatic carbocycles. The highest BCUT2D eigenvalue weighted by Gasteiger charge is 2.25. The minimum absolute atomic E-state index is 0.888. The summed E-state index contributed by atoms with van der Waals surface area (Å²) < 4.78 is 8.66. The lowest BCUT2D eigenvalue weighted by molar-refractivity contribution is 0.669. The molecule has 0 saturated heterocycles. The second-order valence-corrected chi connectivity index (χ2v) is 14.1. The van der Waals surface area contributed by atoms with Gasteiger partial charge in [0.25, 0.3) is 0 Å². The Morgan fingerprint density at radius 1 is 0.364 bits per heavy atom. The second kappa shape index (κ2) is 12.6. The first-order valence-corrected chi connectivity index (χ1v) is 18.8. The predicted octanol–water partition coefficient (Wildman–Crippen LogP) is 14.6. The van der Waals surface area contributed by atoms with E-state index in [4.69, 9.17) is 4.42 Å². The standard InChI is InChI=1S/C52H34N2O/c1-2-17-39(18-3-1)53-47-25-12-8-22-43(47)52-48(53)26-14-27-49(52)54(45-23-10-6-19-40(45)37-30-29-35-15-4-5-16-36(35)33-37)46-24-11-7-20-41(46)38-31-32-51-44(34-38)42-21-9-13-28-50(42)55-51/h1-34H. The molecule has 0 saturated carbocycles. The van der Waals surface area contributed by atoms with E-state index in [1.54, 1.807) is 0 Å². The molecule has 2 aromatic heterocycles. The number of aromatic nitrogens is 1. The van der Waals surface area contributed by atoms with Crippen LogP contribution in [0.2, 0.25) is 0 Å². The van der Waals surface area contributed by atoms with Crippen LogP contribution in [0.25, 0.3) is 82.5 Å². The molecular formula is C52H34N2O. The van der Waals surface area contributed by atoms with Gasteiger partial charge < -0.3 is 13.9 Å². The lowest BCUT2D eigenvalue weighted by Crippen LogP contribution is -2.13. The molecule has 0 N–H and O–H groups in total. The van der Waals surface area contributed by atoms with Crippen LogP contribution >= 0.6 is 0 Å². The average Bonchev–Trinajstić information content (AvgIpc) is 3.80. The largest absolute Gasteiger partial charge is 0.456 e. The van der Waals surface area contributed by atoms with Crippen molar-refractivity contribution in [3.05, 3.63) is 206 Å². The van der Waals surface area contributed by atoms with Gasteiger partial charge in [0.2, 0.25) is 0 Å². The highest BCUT2D eigenvalue weighted by molar-refractivity contribution is 6.17. The summed E-state index contributed by atoms with van der Waals surface area (Å²) in [7, 11) is 0. The van der Waals surface area contributed by atoms with Gasteiger partial charge in [-0.1, -0.05) is 140 Å². The molecule has 0 spiro atoms. The van der Waals surface area contributed by atoms with Gasteiger partial charge in [-0.2, -0.15) is 0 Å². The molecule has 0 unspecified atom stereocenters. The van der Waals surface area contributed by atoms with Crippen molar-refractivity contribution in [2.45, 2.75) is 0 Å². The summed E-state index contributed by atoms with van der Waals surface area (Å²) in [6.07, 6.45) is 0. The molecule has 55 heavy (non-hydrogen) atoms. The molecule has 0 aliphatic carbocycles. The quantitative estimate of drug-likeness (QED) is 0.172. The summed E-state index contributed by atoms with van der Waals surface area (Å²) in [4.78, 5) is 2.49. The van der Waals surface area contributed by atoms with Gasteiger partial charge in [0, 0.05) is 38.4 Å². The molecule has 0 radical (unpaired) electrons. The van der Waals surface area contributed by atoms with Crippen LogP contribution in [-0.4, -0.2) is 4.57 Å². The van der Waals surface area contributed by atoms with Crippen molar-refractivity contribution in [2.24, 2.45) is 0 Å². The first-order chi connectivity index (χ1) is 27.3. The fraction of sp³-hybridized carbons (Fsp3) is 0. The van der Waals surface area contributed by atoms with Gasteiger partial charge in [0.15, 0.2) is 0 Å². The Morgan fingerprint density at radius 2 is 0.945 bits per heavy atom. The van der Waals surface area contributed by atoms with E-state index in [1.165, 1.54) is 32.6 Å². The van der Waals surface area contributed by atoms with E-state index in [0.717, 1.165) is 66.9 Å². The van der Waals surface area contributed by atoms with Gasteiger partial charge >= 0.3 is 0 Å². The third-order valence-corrected chi connectivity index (χ3v) is 11.0. The normalized spacial score (nSPS) is 11.6. The van der Waals surface area contributed by atoms with Crippen molar-refractivity contribution in [1.82, 2.24) is 4.57 Å². The Morgan fingerprint density at radius 3 is 1.76 bits per heavy atom.